The normalized spacial score (nSPS) is 37.2. The van der Waals surface area contributed by atoms with Crippen molar-refractivity contribution in [2.75, 3.05) is 6.61 Å². The molecule has 3 saturated carbocycles. The maximum absolute atomic E-state index is 12.5. The minimum Gasteiger partial charge on any atom is -0.480 e. The summed E-state index contributed by atoms with van der Waals surface area (Å²) in [5, 5.41) is 29.5. The van der Waals surface area contributed by atoms with Gasteiger partial charge in [0.15, 0.2) is 6.61 Å². The summed E-state index contributed by atoms with van der Waals surface area (Å²) in [6.07, 6.45) is 15.5. The standard InChI is InChI=1S/C31H45N3O6/c1-7-31(39)15-12-24-22-9-8-20-16-21(10-13-29(20,5)23(22)11-14-30(24,31)6)34-40-17-25(35)33-26(18(2)3)27(36)32-19(4)28(37)38/h1,16,18-19,22-24,26,39H,8-15,17H2,2-6H3,(H,32,36)(H,33,35)(H,37,38). The third kappa shape index (κ3) is 5.27. The summed E-state index contributed by atoms with van der Waals surface area (Å²) in [6, 6.07) is -1.94. The molecule has 2 amide bonds. The third-order valence-electron chi connectivity index (χ3n) is 10.7. The second kappa shape index (κ2) is 11.2. The van der Waals surface area contributed by atoms with Crippen molar-refractivity contribution in [1.82, 2.24) is 10.6 Å². The number of oxime groups is 1. The van der Waals surface area contributed by atoms with Crippen LogP contribution in [0.5, 0.6) is 0 Å². The van der Waals surface area contributed by atoms with Crippen LogP contribution < -0.4 is 10.6 Å². The lowest BCUT2D eigenvalue weighted by molar-refractivity contribution is -0.142. The van der Waals surface area contributed by atoms with E-state index in [1.165, 1.54) is 12.5 Å². The first-order chi connectivity index (χ1) is 18.8. The number of hydrogen-bond donors (Lipinski definition) is 4. The van der Waals surface area contributed by atoms with Crippen LogP contribution in [0.3, 0.4) is 0 Å². The van der Waals surface area contributed by atoms with E-state index in [1.54, 1.807) is 13.8 Å². The molecule has 0 aromatic rings. The Bertz CT molecular complexity index is 1140. The zero-order chi connectivity index (χ0) is 29.5. The molecule has 0 heterocycles. The summed E-state index contributed by atoms with van der Waals surface area (Å²) in [5.74, 6) is 1.88. The van der Waals surface area contributed by atoms with Gasteiger partial charge >= 0.3 is 5.97 Å². The van der Waals surface area contributed by atoms with Crippen molar-refractivity contribution in [1.29, 1.82) is 0 Å². The molecule has 0 radical (unpaired) electrons. The van der Waals surface area contributed by atoms with Crippen LogP contribution in [0.1, 0.15) is 86.0 Å². The van der Waals surface area contributed by atoms with Crippen molar-refractivity contribution in [3.05, 3.63) is 11.6 Å². The van der Waals surface area contributed by atoms with E-state index in [-0.39, 0.29) is 23.4 Å². The second-order valence-corrected chi connectivity index (χ2v) is 13.2. The molecule has 0 saturated heterocycles. The predicted octanol–water partition coefficient (Wildman–Crippen LogP) is 3.42. The molecule has 4 rings (SSSR count). The van der Waals surface area contributed by atoms with Crippen molar-refractivity contribution in [3.63, 3.8) is 0 Å². The van der Waals surface area contributed by atoms with Gasteiger partial charge in [0, 0.05) is 5.41 Å². The first-order valence-electron chi connectivity index (χ1n) is 14.7. The smallest absolute Gasteiger partial charge is 0.325 e. The van der Waals surface area contributed by atoms with E-state index in [9.17, 15) is 19.5 Å². The van der Waals surface area contributed by atoms with Crippen molar-refractivity contribution >= 4 is 23.5 Å². The van der Waals surface area contributed by atoms with Crippen LogP contribution in [0.4, 0.5) is 0 Å². The number of carbonyl (C=O) groups excluding carboxylic acids is 2. The van der Waals surface area contributed by atoms with E-state index in [0.29, 0.717) is 24.2 Å². The molecule has 4 aliphatic rings. The summed E-state index contributed by atoms with van der Waals surface area (Å²) in [4.78, 5) is 41.4. The summed E-state index contributed by atoms with van der Waals surface area (Å²) in [5.41, 5.74) is 1.09. The summed E-state index contributed by atoms with van der Waals surface area (Å²) in [7, 11) is 0. The van der Waals surface area contributed by atoms with Gasteiger partial charge in [0.25, 0.3) is 5.91 Å². The predicted molar refractivity (Wildman–Crippen MR) is 151 cm³/mol. The molecule has 8 unspecified atom stereocenters. The summed E-state index contributed by atoms with van der Waals surface area (Å²) in [6.45, 7) is 9.16. The van der Waals surface area contributed by atoms with E-state index in [2.05, 4.69) is 41.6 Å². The van der Waals surface area contributed by atoms with Crippen LogP contribution in [0, 0.1) is 46.8 Å². The SMILES string of the molecule is C#CC1(O)CCC2C3CCC4=CC(=NOCC(=O)NC(C(=O)NC(C)C(=O)O)C(C)C)CCC4(C)C3CCC21C. The lowest BCUT2D eigenvalue weighted by atomic mass is 9.46. The Labute approximate surface area is 237 Å². The number of allylic oxidation sites excluding steroid dienone is 2. The van der Waals surface area contributed by atoms with E-state index >= 15 is 0 Å². The van der Waals surface area contributed by atoms with Crippen LogP contribution in [-0.2, 0) is 19.2 Å². The van der Waals surface area contributed by atoms with Gasteiger partial charge in [0.1, 0.15) is 17.7 Å². The fourth-order valence-corrected chi connectivity index (χ4v) is 8.18. The number of nitrogens with one attached hydrogen (secondary N) is 2. The van der Waals surface area contributed by atoms with E-state index in [4.69, 9.17) is 16.4 Å². The van der Waals surface area contributed by atoms with E-state index < -0.39 is 35.5 Å². The fraction of sp³-hybridized carbons (Fsp3) is 0.742. The molecule has 8 atom stereocenters. The Morgan fingerprint density at radius 2 is 1.80 bits per heavy atom. The molecule has 4 aliphatic carbocycles. The minimum atomic E-state index is -1.15. The van der Waals surface area contributed by atoms with Crippen molar-refractivity contribution < 1.29 is 29.4 Å². The highest BCUT2D eigenvalue weighted by Gasteiger charge is 2.63. The zero-order valence-electron chi connectivity index (χ0n) is 24.5. The molecule has 0 aromatic heterocycles. The Kier molecular flexibility index (Phi) is 8.43. The number of fused-ring (bicyclic) bond motifs is 5. The lowest BCUT2D eigenvalue weighted by Crippen LogP contribution is -2.54. The number of amides is 2. The van der Waals surface area contributed by atoms with Gasteiger partial charge in [-0.15, -0.1) is 6.42 Å². The Morgan fingerprint density at radius 1 is 1.10 bits per heavy atom. The first-order valence-corrected chi connectivity index (χ1v) is 14.7. The topological polar surface area (TPSA) is 137 Å². The maximum atomic E-state index is 12.5. The molecule has 0 spiro atoms. The number of aliphatic hydroxyl groups is 1. The number of rotatable bonds is 8. The van der Waals surface area contributed by atoms with Gasteiger partial charge in [0.05, 0.1) is 5.71 Å². The molecule has 0 aliphatic heterocycles. The van der Waals surface area contributed by atoms with Crippen LogP contribution >= 0.6 is 0 Å². The number of hydrogen-bond acceptors (Lipinski definition) is 6. The molecule has 3 fully saturated rings. The molecule has 4 N–H and O–H groups in total. The average Bonchev–Trinajstić information content (AvgIpc) is 3.18. The van der Waals surface area contributed by atoms with Gasteiger partial charge in [-0.25, -0.2) is 0 Å². The molecule has 220 valence electrons. The van der Waals surface area contributed by atoms with Crippen molar-refractivity contribution in [3.8, 4) is 12.3 Å². The fourth-order valence-electron chi connectivity index (χ4n) is 8.18. The number of aliphatic carboxylic acids is 1. The van der Waals surface area contributed by atoms with Gasteiger partial charge < -0.3 is 25.7 Å². The molecule has 0 bridgehead atoms. The van der Waals surface area contributed by atoms with E-state index in [0.717, 1.165) is 50.7 Å². The monoisotopic (exact) mass is 555 g/mol. The van der Waals surface area contributed by atoms with Crippen LogP contribution in [-0.4, -0.2) is 58.0 Å². The van der Waals surface area contributed by atoms with Crippen molar-refractivity contribution in [2.45, 2.75) is 104 Å². The quantitative estimate of drug-likeness (QED) is 0.268. The first kappa shape index (κ1) is 30.1. The third-order valence-corrected chi connectivity index (χ3v) is 10.7. The van der Waals surface area contributed by atoms with E-state index in [1.807, 2.05) is 0 Å². The summed E-state index contributed by atoms with van der Waals surface area (Å²) >= 11 is 0. The highest BCUT2D eigenvalue weighted by molar-refractivity contribution is 5.96. The van der Waals surface area contributed by atoms with Crippen LogP contribution in [0.2, 0.25) is 0 Å². The van der Waals surface area contributed by atoms with Crippen LogP contribution in [0.25, 0.3) is 0 Å². The Morgan fingerprint density at radius 3 is 2.45 bits per heavy atom. The largest absolute Gasteiger partial charge is 0.480 e. The summed E-state index contributed by atoms with van der Waals surface area (Å²) < 4.78 is 0. The average molecular weight is 556 g/mol. The van der Waals surface area contributed by atoms with Gasteiger partial charge in [0.2, 0.25) is 5.91 Å². The van der Waals surface area contributed by atoms with Gasteiger partial charge in [-0.05, 0) is 93.5 Å². The number of terminal acetylenes is 1. The number of carboxylic acids is 1. The highest BCUT2D eigenvalue weighted by atomic mass is 16.6. The molecule has 40 heavy (non-hydrogen) atoms. The second-order valence-electron chi connectivity index (χ2n) is 13.2. The van der Waals surface area contributed by atoms with Gasteiger partial charge in [-0.1, -0.05) is 44.3 Å². The molecular formula is C31H45N3O6. The number of carboxylic acid groups (broad SMARTS) is 1. The van der Waals surface area contributed by atoms with Gasteiger partial charge in [-0.2, -0.15) is 0 Å². The lowest BCUT2D eigenvalue weighted by Gasteiger charge is -2.58. The van der Waals surface area contributed by atoms with Gasteiger partial charge in [-0.3, -0.25) is 14.4 Å². The zero-order valence-corrected chi connectivity index (χ0v) is 24.5. The molecule has 9 nitrogen and oxygen atoms in total. The molecular weight excluding hydrogens is 510 g/mol. The van der Waals surface area contributed by atoms with Crippen LogP contribution in [0.15, 0.2) is 16.8 Å². The van der Waals surface area contributed by atoms with Crippen molar-refractivity contribution in [2.24, 2.45) is 39.7 Å². The molecule has 9 heteroatoms. The maximum Gasteiger partial charge on any atom is 0.325 e. The molecule has 0 aromatic carbocycles. The Hall–Kier alpha value is -2.86. The number of nitrogens with zero attached hydrogens (tertiary/aromatic N) is 1. The highest BCUT2D eigenvalue weighted by Crippen LogP contribution is 2.67. The minimum absolute atomic E-state index is 0.0857. The Balaban J connectivity index is 1.36. The number of carbonyl (C=O) groups is 3.